The molecule has 0 rings (SSSR count). The molecule has 0 aromatic rings. The predicted molar refractivity (Wildman–Crippen MR) is 113 cm³/mol. The van der Waals surface area contributed by atoms with Crippen molar-refractivity contribution in [3.8, 4) is 0 Å². The minimum atomic E-state index is -3.09. The number of carboxylic acids is 3. The standard InChI is InChI=1S/C22H38O9/c1-3-5-7-9-10-12-14-16(13-11-8-6-4-2)20(28)31-22(21(29)30,15-17(23)24)18(25)19(26)27/h16,18,25H,3-15H2,1-2H3,(H,23,24)(H,26,27)(H,29,30). The van der Waals surface area contributed by atoms with Crippen molar-refractivity contribution < 1.29 is 44.3 Å². The van der Waals surface area contributed by atoms with E-state index in [4.69, 9.17) is 14.9 Å². The van der Waals surface area contributed by atoms with Crippen LogP contribution < -0.4 is 0 Å². The van der Waals surface area contributed by atoms with E-state index in [1.165, 1.54) is 0 Å². The van der Waals surface area contributed by atoms with Gasteiger partial charge < -0.3 is 25.2 Å². The molecular formula is C22H38O9. The molecular weight excluding hydrogens is 408 g/mol. The van der Waals surface area contributed by atoms with Crippen LogP contribution in [0.3, 0.4) is 0 Å². The van der Waals surface area contributed by atoms with E-state index >= 15 is 0 Å². The summed E-state index contributed by atoms with van der Waals surface area (Å²) in [4.78, 5) is 47.0. The predicted octanol–water partition coefficient (Wildman–Crippen LogP) is 3.61. The van der Waals surface area contributed by atoms with Gasteiger partial charge in [-0.05, 0) is 12.8 Å². The van der Waals surface area contributed by atoms with E-state index in [9.17, 15) is 29.4 Å². The van der Waals surface area contributed by atoms with Crippen molar-refractivity contribution >= 4 is 23.9 Å². The Bertz CT molecular complexity index is 575. The van der Waals surface area contributed by atoms with Crippen LogP contribution in [0.2, 0.25) is 0 Å². The molecule has 31 heavy (non-hydrogen) atoms. The molecule has 0 fully saturated rings. The van der Waals surface area contributed by atoms with Gasteiger partial charge in [-0.15, -0.1) is 0 Å². The van der Waals surface area contributed by atoms with Crippen molar-refractivity contribution in [2.75, 3.05) is 0 Å². The third-order valence-corrected chi connectivity index (χ3v) is 5.38. The van der Waals surface area contributed by atoms with Gasteiger partial charge >= 0.3 is 23.9 Å². The fourth-order valence-corrected chi connectivity index (χ4v) is 3.48. The highest BCUT2D eigenvalue weighted by Gasteiger charge is 2.55. The normalized spacial score (nSPS) is 14.9. The van der Waals surface area contributed by atoms with Crippen molar-refractivity contribution in [1.29, 1.82) is 0 Å². The number of aliphatic hydroxyl groups is 1. The first-order valence-corrected chi connectivity index (χ1v) is 11.2. The van der Waals surface area contributed by atoms with Crippen LogP contribution in [0.1, 0.15) is 97.3 Å². The van der Waals surface area contributed by atoms with Gasteiger partial charge in [0.2, 0.25) is 6.10 Å². The summed E-state index contributed by atoms with van der Waals surface area (Å²) in [6.45, 7) is 4.15. The maximum absolute atomic E-state index is 12.8. The number of carbonyl (C=O) groups excluding carboxylic acids is 1. The molecule has 0 bridgehead atoms. The van der Waals surface area contributed by atoms with Crippen LogP contribution in [0.5, 0.6) is 0 Å². The Hall–Kier alpha value is -2.16. The van der Waals surface area contributed by atoms with Gasteiger partial charge in [0.1, 0.15) is 0 Å². The Balaban J connectivity index is 5.39. The Labute approximate surface area is 183 Å². The first-order valence-electron chi connectivity index (χ1n) is 11.2. The van der Waals surface area contributed by atoms with Crippen LogP contribution in [-0.4, -0.2) is 56.0 Å². The second-order valence-corrected chi connectivity index (χ2v) is 8.03. The number of unbranched alkanes of at least 4 members (excludes halogenated alkanes) is 8. The van der Waals surface area contributed by atoms with E-state index in [0.717, 1.165) is 57.8 Å². The van der Waals surface area contributed by atoms with Gasteiger partial charge in [-0.1, -0.05) is 78.1 Å². The van der Waals surface area contributed by atoms with Gasteiger partial charge in [-0.2, -0.15) is 0 Å². The molecule has 0 heterocycles. The maximum Gasteiger partial charge on any atom is 0.352 e. The maximum atomic E-state index is 12.8. The van der Waals surface area contributed by atoms with Crippen molar-refractivity contribution in [1.82, 2.24) is 0 Å². The van der Waals surface area contributed by atoms with Crippen LogP contribution in [0.15, 0.2) is 0 Å². The van der Waals surface area contributed by atoms with E-state index in [0.29, 0.717) is 19.3 Å². The van der Waals surface area contributed by atoms with Gasteiger partial charge in [-0.25, -0.2) is 9.59 Å². The monoisotopic (exact) mass is 446 g/mol. The number of hydrogen-bond acceptors (Lipinski definition) is 6. The third-order valence-electron chi connectivity index (χ3n) is 5.38. The number of carboxylic acid groups (broad SMARTS) is 3. The van der Waals surface area contributed by atoms with Crippen molar-refractivity contribution in [2.45, 2.75) is 109 Å². The van der Waals surface area contributed by atoms with E-state index in [1.54, 1.807) is 0 Å². The summed E-state index contributed by atoms with van der Waals surface area (Å²) in [7, 11) is 0. The molecule has 0 aliphatic rings. The molecule has 0 amide bonds. The van der Waals surface area contributed by atoms with Gasteiger partial charge in [0.15, 0.2) is 0 Å². The fourth-order valence-electron chi connectivity index (χ4n) is 3.48. The number of hydrogen-bond donors (Lipinski definition) is 4. The molecule has 3 atom stereocenters. The zero-order valence-electron chi connectivity index (χ0n) is 18.7. The van der Waals surface area contributed by atoms with Gasteiger partial charge in [0.25, 0.3) is 5.60 Å². The fraction of sp³-hybridized carbons (Fsp3) is 0.818. The SMILES string of the molecule is CCCCCCCCC(CCCCCC)C(=O)OC(CC(=O)O)(C(=O)O)C(O)C(=O)O. The number of ether oxygens (including phenoxy) is 1. The lowest BCUT2D eigenvalue weighted by Crippen LogP contribution is -2.58. The molecule has 4 N–H and O–H groups in total. The second kappa shape index (κ2) is 15.6. The Morgan fingerprint density at radius 3 is 1.65 bits per heavy atom. The van der Waals surface area contributed by atoms with Crippen molar-refractivity contribution in [2.24, 2.45) is 5.92 Å². The Morgan fingerprint density at radius 1 is 0.774 bits per heavy atom. The van der Waals surface area contributed by atoms with Crippen molar-refractivity contribution in [3.05, 3.63) is 0 Å². The summed E-state index contributed by atoms with van der Waals surface area (Å²) in [6.07, 6.45) is 6.33. The zero-order valence-corrected chi connectivity index (χ0v) is 18.7. The first kappa shape index (κ1) is 28.8. The minimum absolute atomic E-state index is 0.430. The van der Waals surface area contributed by atoms with Crippen LogP contribution in [0.4, 0.5) is 0 Å². The quantitative estimate of drug-likeness (QED) is 0.172. The average molecular weight is 447 g/mol. The molecule has 0 saturated heterocycles. The van der Waals surface area contributed by atoms with Gasteiger partial charge in [0, 0.05) is 0 Å². The highest BCUT2D eigenvalue weighted by Crippen LogP contribution is 2.28. The van der Waals surface area contributed by atoms with E-state index in [-0.39, 0.29) is 0 Å². The molecule has 3 unspecified atom stereocenters. The summed E-state index contributed by atoms with van der Waals surface area (Å²) < 4.78 is 5.00. The summed E-state index contributed by atoms with van der Waals surface area (Å²) >= 11 is 0. The van der Waals surface area contributed by atoms with Gasteiger partial charge in [0.05, 0.1) is 12.3 Å². The summed E-state index contributed by atoms with van der Waals surface area (Å²) in [5.74, 6) is -7.36. The van der Waals surface area contributed by atoms with Crippen LogP contribution in [0, 0.1) is 5.92 Å². The number of rotatable bonds is 19. The third kappa shape index (κ3) is 10.6. The molecule has 0 aliphatic heterocycles. The molecule has 180 valence electrons. The lowest BCUT2D eigenvalue weighted by atomic mass is 9.90. The molecule has 0 radical (unpaired) electrons. The highest BCUT2D eigenvalue weighted by molar-refractivity contribution is 5.93. The number of carbonyl (C=O) groups is 4. The highest BCUT2D eigenvalue weighted by atomic mass is 16.6. The van der Waals surface area contributed by atoms with Crippen LogP contribution >= 0.6 is 0 Å². The molecule has 9 nitrogen and oxygen atoms in total. The van der Waals surface area contributed by atoms with E-state index in [2.05, 4.69) is 6.92 Å². The lowest BCUT2D eigenvalue weighted by molar-refractivity contribution is -0.204. The number of esters is 1. The molecule has 0 saturated carbocycles. The molecule has 0 aromatic carbocycles. The van der Waals surface area contributed by atoms with E-state index < -0.39 is 47.9 Å². The summed E-state index contributed by atoms with van der Waals surface area (Å²) in [5, 5.41) is 37.6. The zero-order chi connectivity index (χ0) is 23.9. The number of aliphatic hydroxyl groups excluding tert-OH is 1. The number of aliphatic carboxylic acids is 3. The van der Waals surface area contributed by atoms with E-state index in [1.807, 2.05) is 6.92 Å². The summed E-state index contributed by atoms with van der Waals surface area (Å²) in [5.41, 5.74) is -3.09. The minimum Gasteiger partial charge on any atom is -0.481 e. The topological polar surface area (TPSA) is 158 Å². The van der Waals surface area contributed by atoms with Gasteiger partial charge in [-0.3, -0.25) is 9.59 Å². The second-order valence-electron chi connectivity index (χ2n) is 8.03. The molecule has 0 aliphatic carbocycles. The first-order chi connectivity index (χ1) is 14.6. The Morgan fingerprint density at radius 2 is 1.23 bits per heavy atom. The summed E-state index contributed by atoms with van der Waals surface area (Å²) in [6, 6.07) is 0. The largest absolute Gasteiger partial charge is 0.481 e. The van der Waals surface area contributed by atoms with Crippen LogP contribution in [-0.2, 0) is 23.9 Å². The molecule has 0 aromatic heterocycles. The smallest absolute Gasteiger partial charge is 0.352 e. The van der Waals surface area contributed by atoms with Crippen molar-refractivity contribution in [3.63, 3.8) is 0 Å². The molecule has 0 spiro atoms. The average Bonchev–Trinajstić information content (AvgIpc) is 2.70. The van der Waals surface area contributed by atoms with Crippen LogP contribution in [0.25, 0.3) is 0 Å². The molecule has 9 heteroatoms. The lowest BCUT2D eigenvalue weighted by Gasteiger charge is -2.31. The Kier molecular flexibility index (Phi) is 14.5.